The van der Waals surface area contributed by atoms with Gasteiger partial charge < -0.3 is 9.84 Å². The monoisotopic (exact) mass is 212 g/mol. The molecule has 1 aromatic carbocycles. The van der Waals surface area contributed by atoms with E-state index in [0.29, 0.717) is 24.7 Å². The Morgan fingerprint density at radius 3 is 2.86 bits per heavy atom. The first-order valence-electron chi connectivity index (χ1n) is 4.69. The molecule has 2 rings (SSSR count). The van der Waals surface area contributed by atoms with Crippen LogP contribution in [-0.2, 0) is 10.3 Å². The van der Waals surface area contributed by atoms with Gasteiger partial charge in [0.1, 0.15) is 5.60 Å². The third-order valence-electron chi connectivity index (χ3n) is 2.71. The highest BCUT2D eigenvalue weighted by atomic mass is 35.5. The standard InChI is InChI=1S/C11H13ClO2/c1-8-2-3-9(6-10(8)12)11(13)4-5-14-7-11/h2-3,6,13H,4-5,7H2,1H3. The van der Waals surface area contributed by atoms with Crippen LogP contribution >= 0.6 is 11.6 Å². The third kappa shape index (κ3) is 1.65. The lowest BCUT2D eigenvalue weighted by Gasteiger charge is -2.21. The van der Waals surface area contributed by atoms with Crippen LogP contribution in [0.25, 0.3) is 0 Å². The zero-order valence-electron chi connectivity index (χ0n) is 8.09. The molecule has 1 atom stereocenters. The smallest absolute Gasteiger partial charge is 0.115 e. The van der Waals surface area contributed by atoms with E-state index in [0.717, 1.165) is 11.1 Å². The summed E-state index contributed by atoms with van der Waals surface area (Å²) in [4.78, 5) is 0. The molecule has 2 nitrogen and oxygen atoms in total. The Labute approximate surface area is 88.5 Å². The Kier molecular flexibility index (Phi) is 2.52. The van der Waals surface area contributed by atoms with Crippen LogP contribution in [0.5, 0.6) is 0 Å². The van der Waals surface area contributed by atoms with Crippen LogP contribution in [0.3, 0.4) is 0 Å². The number of rotatable bonds is 1. The molecule has 1 unspecified atom stereocenters. The summed E-state index contributed by atoms with van der Waals surface area (Å²) in [5.41, 5.74) is 1.04. The van der Waals surface area contributed by atoms with Crippen molar-refractivity contribution < 1.29 is 9.84 Å². The van der Waals surface area contributed by atoms with Crippen molar-refractivity contribution in [1.82, 2.24) is 0 Å². The van der Waals surface area contributed by atoms with Gasteiger partial charge in [0.15, 0.2) is 0 Å². The van der Waals surface area contributed by atoms with Gasteiger partial charge in [0, 0.05) is 18.1 Å². The highest BCUT2D eigenvalue weighted by Gasteiger charge is 2.34. The van der Waals surface area contributed by atoms with Crippen LogP contribution in [-0.4, -0.2) is 18.3 Å². The quantitative estimate of drug-likeness (QED) is 0.774. The molecule has 3 heteroatoms. The van der Waals surface area contributed by atoms with E-state index in [2.05, 4.69) is 0 Å². The minimum Gasteiger partial charge on any atom is -0.383 e. The SMILES string of the molecule is Cc1ccc(C2(O)CCOC2)cc1Cl. The van der Waals surface area contributed by atoms with Gasteiger partial charge in [-0.1, -0.05) is 23.7 Å². The van der Waals surface area contributed by atoms with Crippen molar-refractivity contribution in [3.8, 4) is 0 Å². The summed E-state index contributed by atoms with van der Waals surface area (Å²) in [5.74, 6) is 0. The highest BCUT2D eigenvalue weighted by Crippen LogP contribution is 2.32. The number of ether oxygens (including phenoxy) is 1. The lowest BCUT2D eigenvalue weighted by atomic mass is 9.92. The number of aliphatic hydroxyl groups is 1. The summed E-state index contributed by atoms with van der Waals surface area (Å²) in [6, 6.07) is 5.66. The summed E-state index contributed by atoms with van der Waals surface area (Å²) in [5, 5.41) is 10.9. The summed E-state index contributed by atoms with van der Waals surface area (Å²) >= 11 is 6.00. The van der Waals surface area contributed by atoms with Crippen molar-refractivity contribution in [3.63, 3.8) is 0 Å². The van der Waals surface area contributed by atoms with E-state index in [-0.39, 0.29) is 0 Å². The first-order chi connectivity index (χ1) is 6.62. The molecule has 14 heavy (non-hydrogen) atoms. The topological polar surface area (TPSA) is 29.5 Å². The van der Waals surface area contributed by atoms with Crippen LogP contribution < -0.4 is 0 Å². The van der Waals surface area contributed by atoms with Crippen molar-refractivity contribution in [2.45, 2.75) is 18.9 Å². The maximum atomic E-state index is 10.2. The van der Waals surface area contributed by atoms with Crippen LogP contribution in [0.1, 0.15) is 17.5 Å². The molecule has 1 aliphatic heterocycles. The van der Waals surface area contributed by atoms with E-state index < -0.39 is 5.60 Å². The minimum atomic E-state index is -0.836. The van der Waals surface area contributed by atoms with E-state index in [9.17, 15) is 5.11 Å². The fourth-order valence-corrected chi connectivity index (χ4v) is 1.84. The Hall–Kier alpha value is -0.570. The van der Waals surface area contributed by atoms with Gasteiger partial charge in [-0.3, -0.25) is 0 Å². The number of hydrogen-bond donors (Lipinski definition) is 1. The number of hydrogen-bond acceptors (Lipinski definition) is 2. The van der Waals surface area contributed by atoms with Crippen molar-refractivity contribution in [3.05, 3.63) is 34.3 Å². The molecule has 0 bridgehead atoms. The van der Waals surface area contributed by atoms with Crippen molar-refractivity contribution in [2.24, 2.45) is 0 Å². The maximum Gasteiger partial charge on any atom is 0.115 e. The summed E-state index contributed by atoms with van der Waals surface area (Å²) in [7, 11) is 0. The molecular formula is C11H13ClO2. The lowest BCUT2D eigenvalue weighted by Crippen LogP contribution is -2.25. The molecule has 1 saturated heterocycles. The van der Waals surface area contributed by atoms with Gasteiger partial charge >= 0.3 is 0 Å². The molecule has 0 amide bonds. The molecule has 76 valence electrons. The van der Waals surface area contributed by atoms with E-state index in [1.807, 2.05) is 25.1 Å². The Morgan fingerprint density at radius 2 is 2.29 bits per heavy atom. The molecule has 1 aliphatic rings. The van der Waals surface area contributed by atoms with Crippen LogP contribution in [0, 0.1) is 6.92 Å². The van der Waals surface area contributed by atoms with E-state index in [1.165, 1.54) is 0 Å². The largest absolute Gasteiger partial charge is 0.383 e. The maximum absolute atomic E-state index is 10.2. The Balaban J connectivity index is 2.36. The second kappa shape index (κ2) is 3.54. The normalized spacial score (nSPS) is 26.8. The van der Waals surface area contributed by atoms with E-state index in [4.69, 9.17) is 16.3 Å². The predicted octanol–water partition coefficient (Wildman–Crippen LogP) is 2.26. The number of halogens is 1. The van der Waals surface area contributed by atoms with Crippen LogP contribution in [0.15, 0.2) is 18.2 Å². The van der Waals surface area contributed by atoms with Crippen LogP contribution in [0.4, 0.5) is 0 Å². The molecule has 1 heterocycles. The zero-order valence-corrected chi connectivity index (χ0v) is 8.84. The van der Waals surface area contributed by atoms with Gasteiger partial charge in [0.25, 0.3) is 0 Å². The zero-order chi connectivity index (χ0) is 10.2. The van der Waals surface area contributed by atoms with E-state index in [1.54, 1.807) is 0 Å². The van der Waals surface area contributed by atoms with Gasteiger partial charge in [-0.05, 0) is 24.1 Å². The van der Waals surface area contributed by atoms with Gasteiger partial charge in [-0.2, -0.15) is 0 Å². The minimum absolute atomic E-state index is 0.367. The average molecular weight is 213 g/mol. The lowest BCUT2D eigenvalue weighted by molar-refractivity contribution is 0.0232. The molecule has 0 aromatic heterocycles. The fourth-order valence-electron chi connectivity index (χ4n) is 1.66. The van der Waals surface area contributed by atoms with Gasteiger partial charge in [0.2, 0.25) is 0 Å². The Morgan fingerprint density at radius 1 is 1.50 bits per heavy atom. The molecule has 0 spiro atoms. The highest BCUT2D eigenvalue weighted by molar-refractivity contribution is 6.31. The van der Waals surface area contributed by atoms with Crippen LogP contribution in [0.2, 0.25) is 5.02 Å². The number of benzene rings is 1. The van der Waals surface area contributed by atoms with Gasteiger partial charge in [-0.15, -0.1) is 0 Å². The number of aryl methyl sites for hydroxylation is 1. The predicted molar refractivity (Wildman–Crippen MR) is 55.5 cm³/mol. The first-order valence-corrected chi connectivity index (χ1v) is 5.06. The van der Waals surface area contributed by atoms with Crippen molar-refractivity contribution in [1.29, 1.82) is 0 Å². The average Bonchev–Trinajstić information content (AvgIpc) is 2.58. The second-order valence-electron chi connectivity index (χ2n) is 3.80. The van der Waals surface area contributed by atoms with E-state index >= 15 is 0 Å². The molecule has 0 saturated carbocycles. The van der Waals surface area contributed by atoms with Gasteiger partial charge in [-0.25, -0.2) is 0 Å². The summed E-state index contributed by atoms with van der Waals surface area (Å²) in [6.07, 6.45) is 0.645. The molecule has 1 fully saturated rings. The second-order valence-corrected chi connectivity index (χ2v) is 4.21. The molecule has 1 aromatic rings. The third-order valence-corrected chi connectivity index (χ3v) is 3.12. The summed E-state index contributed by atoms with van der Waals surface area (Å²) < 4.78 is 5.19. The van der Waals surface area contributed by atoms with Crippen molar-refractivity contribution >= 4 is 11.6 Å². The fraction of sp³-hybridized carbons (Fsp3) is 0.455. The molecular weight excluding hydrogens is 200 g/mol. The summed E-state index contributed by atoms with van der Waals surface area (Å²) in [6.45, 7) is 2.93. The molecule has 0 aliphatic carbocycles. The first kappa shape index (κ1) is 9.97. The molecule has 1 N–H and O–H groups in total. The molecule has 0 radical (unpaired) electrons. The van der Waals surface area contributed by atoms with Crippen molar-refractivity contribution in [2.75, 3.05) is 13.2 Å². The van der Waals surface area contributed by atoms with Gasteiger partial charge in [0.05, 0.1) is 6.61 Å². The Bertz CT molecular complexity index is 343.